The van der Waals surface area contributed by atoms with Crippen LogP contribution in [0.3, 0.4) is 0 Å². The average Bonchev–Trinajstić information content (AvgIpc) is 2.02. The zero-order valence-corrected chi connectivity index (χ0v) is 7.32. The van der Waals surface area contributed by atoms with Gasteiger partial charge < -0.3 is 5.11 Å². The van der Waals surface area contributed by atoms with Crippen molar-refractivity contribution in [1.29, 1.82) is 0 Å². The molecule has 5 heteroatoms. The highest BCUT2D eigenvalue weighted by atomic mass is 19.4. The van der Waals surface area contributed by atoms with E-state index >= 15 is 0 Å². The molecule has 0 amide bonds. The second kappa shape index (κ2) is 3.57. The van der Waals surface area contributed by atoms with Crippen LogP contribution in [0.15, 0.2) is 12.1 Å². The van der Waals surface area contributed by atoms with Crippen molar-refractivity contribution in [3.8, 4) is 0 Å². The molecule has 0 unspecified atom stereocenters. The van der Waals surface area contributed by atoms with Crippen molar-refractivity contribution in [3.63, 3.8) is 0 Å². The van der Waals surface area contributed by atoms with Crippen molar-refractivity contribution in [2.45, 2.75) is 19.7 Å². The van der Waals surface area contributed by atoms with E-state index in [0.29, 0.717) is 0 Å². The fraction of sp³-hybridized carbons (Fsp3) is 0.333. The Balaban J connectivity index is 3.40. The van der Waals surface area contributed by atoms with Gasteiger partial charge in [-0.1, -0.05) is 12.1 Å². The quantitative estimate of drug-likeness (QED) is 0.703. The van der Waals surface area contributed by atoms with Gasteiger partial charge in [-0.05, 0) is 12.5 Å². The fourth-order valence-electron chi connectivity index (χ4n) is 1.19. The van der Waals surface area contributed by atoms with E-state index in [1.54, 1.807) is 0 Å². The Morgan fingerprint density at radius 3 is 2.29 bits per heavy atom. The molecule has 0 fully saturated rings. The van der Waals surface area contributed by atoms with Gasteiger partial charge in [-0.3, -0.25) is 0 Å². The zero-order chi connectivity index (χ0) is 10.9. The first-order valence-corrected chi connectivity index (χ1v) is 3.84. The van der Waals surface area contributed by atoms with Gasteiger partial charge in [0.2, 0.25) is 0 Å². The van der Waals surface area contributed by atoms with E-state index in [0.717, 1.165) is 12.1 Å². The van der Waals surface area contributed by atoms with Crippen LogP contribution in [-0.4, -0.2) is 5.11 Å². The number of halogens is 4. The molecule has 78 valence electrons. The Labute approximate surface area is 78.0 Å². The summed E-state index contributed by atoms with van der Waals surface area (Å²) < 4.78 is 50.1. The molecule has 0 aliphatic heterocycles. The van der Waals surface area contributed by atoms with Crippen LogP contribution >= 0.6 is 0 Å². The molecular weight excluding hydrogens is 200 g/mol. The molecule has 0 bridgehead atoms. The normalized spacial score (nSPS) is 11.9. The van der Waals surface area contributed by atoms with Crippen molar-refractivity contribution in [1.82, 2.24) is 0 Å². The van der Waals surface area contributed by atoms with Crippen LogP contribution in [0.25, 0.3) is 0 Å². The molecule has 0 radical (unpaired) electrons. The van der Waals surface area contributed by atoms with Crippen LogP contribution in [-0.2, 0) is 12.8 Å². The van der Waals surface area contributed by atoms with Crippen LogP contribution in [0.4, 0.5) is 17.6 Å². The maximum atomic E-state index is 13.1. The number of aliphatic hydroxyl groups is 1. The first-order chi connectivity index (χ1) is 6.38. The van der Waals surface area contributed by atoms with Gasteiger partial charge in [0, 0.05) is 5.56 Å². The van der Waals surface area contributed by atoms with Crippen molar-refractivity contribution in [2.75, 3.05) is 0 Å². The third-order valence-electron chi connectivity index (χ3n) is 1.88. The number of hydrogen-bond donors (Lipinski definition) is 1. The Hall–Kier alpha value is -1.10. The van der Waals surface area contributed by atoms with Gasteiger partial charge in [0.05, 0.1) is 12.2 Å². The summed E-state index contributed by atoms with van der Waals surface area (Å²) in [7, 11) is 0. The lowest BCUT2D eigenvalue weighted by Gasteiger charge is -2.12. The van der Waals surface area contributed by atoms with Crippen molar-refractivity contribution in [3.05, 3.63) is 34.6 Å². The van der Waals surface area contributed by atoms with Crippen molar-refractivity contribution < 1.29 is 22.7 Å². The third-order valence-corrected chi connectivity index (χ3v) is 1.88. The van der Waals surface area contributed by atoms with Gasteiger partial charge in [-0.25, -0.2) is 4.39 Å². The molecule has 1 nitrogen and oxygen atoms in total. The summed E-state index contributed by atoms with van der Waals surface area (Å²) in [6.45, 7) is 0.433. The smallest absolute Gasteiger partial charge is 0.392 e. The maximum absolute atomic E-state index is 13.1. The van der Waals surface area contributed by atoms with E-state index in [1.807, 2.05) is 0 Å². The van der Waals surface area contributed by atoms with Gasteiger partial charge in [0.25, 0.3) is 0 Å². The highest BCUT2D eigenvalue weighted by Crippen LogP contribution is 2.34. The summed E-state index contributed by atoms with van der Waals surface area (Å²) in [6.07, 6.45) is -4.72. The van der Waals surface area contributed by atoms with Crippen molar-refractivity contribution in [2.24, 2.45) is 0 Å². The first kappa shape index (κ1) is 11.0. The van der Waals surface area contributed by atoms with Gasteiger partial charge in [0.15, 0.2) is 0 Å². The molecule has 1 aromatic carbocycles. The summed E-state index contributed by atoms with van der Waals surface area (Å²) in [5.41, 5.74) is -1.83. The predicted octanol–water partition coefficient (Wildman–Crippen LogP) is 2.65. The molecule has 1 N–H and O–H groups in total. The van der Waals surface area contributed by atoms with E-state index in [9.17, 15) is 17.6 Å². The Bertz CT molecular complexity index is 343. The molecule has 0 atom stereocenters. The minimum atomic E-state index is -4.72. The largest absolute Gasteiger partial charge is 0.419 e. The molecule has 0 saturated heterocycles. The van der Waals surface area contributed by atoms with Gasteiger partial charge in [-0.2, -0.15) is 13.2 Å². The summed E-state index contributed by atoms with van der Waals surface area (Å²) in [6, 6.07) is 2.28. The maximum Gasteiger partial charge on any atom is 0.419 e. The molecule has 0 aliphatic rings. The number of alkyl halides is 3. The van der Waals surface area contributed by atoms with Crippen LogP contribution < -0.4 is 0 Å². The summed E-state index contributed by atoms with van der Waals surface area (Å²) in [4.78, 5) is 0. The second-order valence-corrected chi connectivity index (χ2v) is 2.89. The SMILES string of the molecule is Cc1ccc(CO)c(F)c1C(F)(F)F. The number of benzene rings is 1. The highest BCUT2D eigenvalue weighted by molar-refractivity contribution is 5.34. The molecule has 0 spiro atoms. The zero-order valence-electron chi connectivity index (χ0n) is 7.32. The Morgan fingerprint density at radius 2 is 1.86 bits per heavy atom. The highest BCUT2D eigenvalue weighted by Gasteiger charge is 2.36. The molecule has 14 heavy (non-hydrogen) atoms. The second-order valence-electron chi connectivity index (χ2n) is 2.89. The standard InChI is InChI=1S/C9H8F4O/c1-5-2-3-6(4-14)8(10)7(5)9(11,12)13/h2-3,14H,4H2,1H3. The number of rotatable bonds is 1. The van der Waals surface area contributed by atoms with Crippen molar-refractivity contribution >= 4 is 0 Å². The van der Waals surface area contributed by atoms with E-state index in [2.05, 4.69) is 0 Å². The van der Waals surface area contributed by atoms with Gasteiger partial charge in [0.1, 0.15) is 5.82 Å². The molecule has 1 rings (SSSR count). The number of hydrogen-bond acceptors (Lipinski definition) is 1. The van der Waals surface area contributed by atoms with Crippen LogP contribution in [0.1, 0.15) is 16.7 Å². The predicted molar refractivity (Wildman–Crippen MR) is 42.1 cm³/mol. The molecule has 0 heterocycles. The lowest BCUT2D eigenvalue weighted by atomic mass is 10.0. The molecule has 0 aliphatic carbocycles. The Kier molecular flexibility index (Phi) is 2.80. The van der Waals surface area contributed by atoms with Crippen LogP contribution in [0, 0.1) is 12.7 Å². The average molecular weight is 208 g/mol. The van der Waals surface area contributed by atoms with E-state index < -0.39 is 24.2 Å². The summed E-state index contributed by atoms with van der Waals surface area (Å²) in [5, 5.41) is 8.59. The van der Waals surface area contributed by atoms with Crippen LogP contribution in [0.2, 0.25) is 0 Å². The van der Waals surface area contributed by atoms with E-state index in [1.165, 1.54) is 6.92 Å². The van der Waals surface area contributed by atoms with Gasteiger partial charge >= 0.3 is 6.18 Å². The molecular formula is C9H8F4O. The van der Waals surface area contributed by atoms with Gasteiger partial charge in [-0.15, -0.1) is 0 Å². The minimum Gasteiger partial charge on any atom is -0.392 e. The number of aryl methyl sites for hydroxylation is 1. The lowest BCUT2D eigenvalue weighted by Crippen LogP contribution is -2.12. The van der Waals surface area contributed by atoms with E-state index in [-0.39, 0.29) is 11.1 Å². The Morgan fingerprint density at radius 1 is 1.29 bits per heavy atom. The van der Waals surface area contributed by atoms with E-state index in [4.69, 9.17) is 5.11 Å². The third kappa shape index (κ3) is 1.87. The minimum absolute atomic E-state index is 0.188. The lowest BCUT2D eigenvalue weighted by molar-refractivity contribution is -0.140. The summed E-state index contributed by atoms with van der Waals surface area (Å²) >= 11 is 0. The van der Waals surface area contributed by atoms with Crippen LogP contribution in [0.5, 0.6) is 0 Å². The topological polar surface area (TPSA) is 20.2 Å². The molecule has 0 saturated carbocycles. The monoisotopic (exact) mass is 208 g/mol. The fourth-order valence-corrected chi connectivity index (χ4v) is 1.19. The summed E-state index contributed by atoms with van der Waals surface area (Å²) in [5.74, 6) is -1.39. The first-order valence-electron chi connectivity index (χ1n) is 3.84. The number of aliphatic hydroxyl groups excluding tert-OH is 1. The molecule has 1 aromatic rings. The molecule has 0 aromatic heterocycles.